The fourth-order valence-electron chi connectivity index (χ4n) is 2.89. The van der Waals surface area contributed by atoms with Gasteiger partial charge in [-0.25, -0.2) is 9.67 Å². The van der Waals surface area contributed by atoms with Crippen molar-refractivity contribution in [1.82, 2.24) is 14.8 Å². The number of aromatic nitrogens is 3. The minimum Gasteiger partial charge on any atom is -0.497 e. The van der Waals surface area contributed by atoms with Crippen molar-refractivity contribution >= 4 is 23.3 Å². The Bertz CT molecular complexity index is 884. The zero-order valence-corrected chi connectivity index (χ0v) is 13.8. The normalized spacial score (nSPS) is 16.4. The molecule has 0 fully saturated rings. The molecule has 0 saturated heterocycles. The number of hydrogen-bond acceptors (Lipinski definition) is 4. The van der Waals surface area contributed by atoms with Crippen LogP contribution in [0.2, 0.25) is 5.02 Å². The molecule has 0 aliphatic carbocycles. The number of ether oxygens (including phenoxy) is 1. The van der Waals surface area contributed by atoms with Gasteiger partial charge in [-0.2, -0.15) is 10.1 Å². The molecule has 2 aromatic carbocycles. The zero-order valence-electron chi connectivity index (χ0n) is 13.1. The van der Waals surface area contributed by atoms with Crippen LogP contribution < -0.4 is 4.74 Å². The lowest BCUT2D eigenvalue weighted by Gasteiger charge is -2.24. The van der Waals surface area contributed by atoms with E-state index < -0.39 is 0 Å². The minimum absolute atomic E-state index is 0.0524. The molecule has 1 aliphatic rings. The molecule has 0 amide bonds. The van der Waals surface area contributed by atoms with E-state index in [0.29, 0.717) is 11.0 Å². The van der Waals surface area contributed by atoms with Crippen molar-refractivity contribution in [2.75, 3.05) is 7.11 Å². The van der Waals surface area contributed by atoms with E-state index in [1.54, 1.807) is 13.4 Å². The van der Waals surface area contributed by atoms with Crippen molar-refractivity contribution in [3.05, 3.63) is 71.0 Å². The summed E-state index contributed by atoms with van der Waals surface area (Å²) in [5.74, 6) is 1.45. The molecule has 1 aromatic heterocycles. The maximum absolute atomic E-state index is 5.99. The molecule has 5 nitrogen and oxygen atoms in total. The van der Waals surface area contributed by atoms with Gasteiger partial charge < -0.3 is 4.74 Å². The van der Waals surface area contributed by atoms with Gasteiger partial charge in [0.2, 0.25) is 5.95 Å². The van der Waals surface area contributed by atoms with Crippen LogP contribution in [0.4, 0.5) is 5.95 Å². The predicted molar refractivity (Wildman–Crippen MR) is 93.4 cm³/mol. The monoisotopic (exact) mass is 338 g/mol. The number of methoxy groups -OCH3 is 1. The summed E-state index contributed by atoms with van der Waals surface area (Å²) in [5, 5.41) is 5.06. The van der Waals surface area contributed by atoms with Crippen molar-refractivity contribution in [3.63, 3.8) is 0 Å². The lowest BCUT2D eigenvalue weighted by molar-refractivity contribution is 0.414. The largest absolute Gasteiger partial charge is 0.497 e. The van der Waals surface area contributed by atoms with Gasteiger partial charge in [-0.3, -0.25) is 0 Å². The zero-order chi connectivity index (χ0) is 16.5. The molecule has 120 valence electrons. The van der Waals surface area contributed by atoms with E-state index in [4.69, 9.17) is 16.3 Å². The van der Waals surface area contributed by atoms with Gasteiger partial charge >= 0.3 is 0 Å². The Kier molecular flexibility index (Phi) is 3.78. The number of hydrogen-bond donors (Lipinski definition) is 0. The fraction of sp³-hybridized carbons (Fsp3) is 0.167. The molecule has 4 rings (SSSR count). The second-order valence-corrected chi connectivity index (χ2v) is 6.00. The SMILES string of the molecule is COc1ccc(C2CC(c3ccc(Cl)cc3)=Nc3ncnn32)cc1. The second-order valence-electron chi connectivity index (χ2n) is 5.56. The summed E-state index contributed by atoms with van der Waals surface area (Å²) in [6.45, 7) is 0. The standard InChI is InChI=1S/C18H15ClN4O/c1-24-15-8-4-13(5-9-15)17-10-16(12-2-6-14(19)7-3-12)22-18-20-11-21-23(17)18/h2-9,11,17H,10H2,1H3. The molecule has 0 N–H and O–H groups in total. The lowest BCUT2D eigenvalue weighted by atomic mass is 9.96. The Morgan fingerprint density at radius 2 is 1.83 bits per heavy atom. The molecule has 0 radical (unpaired) electrons. The Labute approximate surface area is 144 Å². The number of fused-ring (bicyclic) bond motifs is 1. The van der Waals surface area contributed by atoms with Gasteiger partial charge in [0, 0.05) is 11.4 Å². The quantitative estimate of drug-likeness (QED) is 0.723. The average molecular weight is 339 g/mol. The van der Waals surface area contributed by atoms with E-state index in [1.165, 1.54) is 0 Å². The summed E-state index contributed by atoms with van der Waals surface area (Å²) in [6.07, 6.45) is 2.28. The maximum atomic E-state index is 5.99. The Morgan fingerprint density at radius 3 is 2.54 bits per heavy atom. The summed E-state index contributed by atoms with van der Waals surface area (Å²) in [4.78, 5) is 8.93. The van der Waals surface area contributed by atoms with E-state index in [1.807, 2.05) is 41.1 Å². The van der Waals surface area contributed by atoms with Crippen LogP contribution in [0.25, 0.3) is 0 Å². The van der Waals surface area contributed by atoms with E-state index in [9.17, 15) is 0 Å². The van der Waals surface area contributed by atoms with E-state index in [0.717, 1.165) is 29.0 Å². The van der Waals surface area contributed by atoms with Gasteiger partial charge in [0.15, 0.2) is 0 Å². The summed E-state index contributed by atoms with van der Waals surface area (Å²) in [6, 6.07) is 15.8. The Hall–Kier alpha value is -2.66. The van der Waals surface area contributed by atoms with Gasteiger partial charge in [0.25, 0.3) is 0 Å². The summed E-state index contributed by atoms with van der Waals surface area (Å²) < 4.78 is 7.10. The topological polar surface area (TPSA) is 52.3 Å². The average Bonchev–Trinajstić information content (AvgIpc) is 3.10. The van der Waals surface area contributed by atoms with Crippen molar-refractivity contribution in [1.29, 1.82) is 0 Å². The minimum atomic E-state index is 0.0524. The number of nitrogens with zero attached hydrogens (tertiary/aromatic N) is 4. The maximum Gasteiger partial charge on any atom is 0.248 e. The number of aliphatic imine (C=N–C) groups is 1. The van der Waals surface area contributed by atoms with E-state index >= 15 is 0 Å². The first kappa shape index (κ1) is 14.9. The predicted octanol–water partition coefficient (Wildman–Crippen LogP) is 4.05. The highest BCUT2D eigenvalue weighted by Gasteiger charge is 2.26. The highest BCUT2D eigenvalue weighted by atomic mass is 35.5. The molecule has 0 saturated carbocycles. The molecule has 1 unspecified atom stereocenters. The van der Waals surface area contributed by atoms with Crippen LogP contribution >= 0.6 is 11.6 Å². The molecule has 0 bridgehead atoms. The molecule has 2 heterocycles. The van der Waals surface area contributed by atoms with Crippen molar-refractivity contribution in [2.24, 2.45) is 4.99 Å². The van der Waals surface area contributed by atoms with Crippen LogP contribution in [0.15, 0.2) is 59.9 Å². The Morgan fingerprint density at radius 1 is 1.08 bits per heavy atom. The molecule has 6 heteroatoms. The third kappa shape index (κ3) is 2.67. The summed E-state index contributed by atoms with van der Waals surface area (Å²) >= 11 is 5.99. The third-order valence-corrected chi connectivity index (χ3v) is 4.40. The van der Waals surface area contributed by atoms with Crippen LogP contribution in [0.1, 0.15) is 23.6 Å². The highest BCUT2D eigenvalue weighted by molar-refractivity contribution is 6.30. The van der Waals surface area contributed by atoms with Crippen LogP contribution in [-0.2, 0) is 0 Å². The lowest BCUT2D eigenvalue weighted by Crippen LogP contribution is -2.21. The Balaban J connectivity index is 1.74. The first-order chi connectivity index (χ1) is 11.7. The molecule has 24 heavy (non-hydrogen) atoms. The number of halogens is 1. The highest BCUT2D eigenvalue weighted by Crippen LogP contribution is 2.32. The van der Waals surface area contributed by atoms with Gasteiger partial charge in [0.1, 0.15) is 12.1 Å². The van der Waals surface area contributed by atoms with Gasteiger partial charge in [-0.1, -0.05) is 35.9 Å². The van der Waals surface area contributed by atoms with Crippen molar-refractivity contribution in [3.8, 4) is 5.75 Å². The van der Waals surface area contributed by atoms with Crippen LogP contribution in [0.5, 0.6) is 5.75 Å². The molecular weight excluding hydrogens is 324 g/mol. The van der Waals surface area contributed by atoms with E-state index in [2.05, 4.69) is 27.2 Å². The van der Waals surface area contributed by atoms with Crippen molar-refractivity contribution in [2.45, 2.75) is 12.5 Å². The second kappa shape index (κ2) is 6.09. The van der Waals surface area contributed by atoms with Crippen LogP contribution in [0, 0.1) is 0 Å². The molecule has 1 atom stereocenters. The van der Waals surface area contributed by atoms with Gasteiger partial charge in [-0.05, 0) is 35.4 Å². The van der Waals surface area contributed by atoms with E-state index in [-0.39, 0.29) is 6.04 Å². The first-order valence-electron chi connectivity index (χ1n) is 7.61. The third-order valence-electron chi connectivity index (χ3n) is 4.15. The van der Waals surface area contributed by atoms with Crippen LogP contribution in [0.3, 0.4) is 0 Å². The smallest absolute Gasteiger partial charge is 0.248 e. The fourth-order valence-corrected chi connectivity index (χ4v) is 3.02. The van der Waals surface area contributed by atoms with Gasteiger partial charge in [0.05, 0.1) is 18.9 Å². The van der Waals surface area contributed by atoms with Crippen molar-refractivity contribution < 1.29 is 4.74 Å². The molecule has 0 spiro atoms. The first-order valence-corrected chi connectivity index (χ1v) is 7.99. The molecule has 1 aliphatic heterocycles. The molecular formula is C18H15ClN4O. The molecule has 3 aromatic rings. The van der Waals surface area contributed by atoms with Crippen LogP contribution in [-0.4, -0.2) is 27.6 Å². The van der Waals surface area contributed by atoms with Gasteiger partial charge in [-0.15, -0.1) is 0 Å². The summed E-state index contributed by atoms with van der Waals surface area (Å²) in [5.41, 5.74) is 3.17. The number of rotatable bonds is 3. The summed E-state index contributed by atoms with van der Waals surface area (Å²) in [7, 11) is 1.66. The number of benzene rings is 2.